The molecule has 0 fully saturated rings. The van der Waals surface area contributed by atoms with Crippen molar-refractivity contribution in [1.82, 2.24) is 0 Å². The van der Waals surface area contributed by atoms with Crippen molar-refractivity contribution in [3.05, 3.63) is 100 Å². The molecule has 1 atom stereocenters. The van der Waals surface area contributed by atoms with E-state index >= 15 is 0 Å². The minimum atomic E-state index is -0.246. The van der Waals surface area contributed by atoms with Crippen LogP contribution >= 0.6 is 0 Å². The summed E-state index contributed by atoms with van der Waals surface area (Å²) in [7, 11) is 0. The lowest BCUT2D eigenvalue weighted by molar-refractivity contribution is 0.142. The molecule has 0 spiro atoms. The SMILES string of the molecule is N#CC1=C(N)OC2=C(COC/C2=C\c2ccccc2)[C@H]1c1ccccc1. The first-order chi connectivity index (χ1) is 12.8. The van der Waals surface area contributed by atoms with E-state index in [4.69, 9.17) is 15.2 Å². The molecule has 0 amide bonds. The van der Waals surface area contributed by atoms with Gasteiger partial charge >= 0.3 is 0 Å². The normalized spacial score (nSPS) is 21.2. The van der Waals surface area contributed by atoms with Gasteiger partial charge in [0.15, 0.2) is 0 Å². The van der Waals surface area contributed by atoms with Gasteiger partial charge in [0.05, 0.1) is 19.1 Å². The van der Waals surface area contributed by atoms with E-state index in [2.05, 4.69) is 6.07 Å². The second kappa shape index (κ2) is 6.91. The third kappa shape index (κ3) is 2.90. The van der Waals surface area contributed by atoms with Gasteiger partial charge in [0.1, 0.15) is 17.4 Å². The van der Waals surface area contributed by atoms with Crippen LogP contribution in [0.15, 0.2) is 89.0 Å². The lowest BCUT2D eigenvalue weighted by Crippen LogP contribution is -2.28. The van der Waals surface area contributed by atoms with Crippen molar-refractivity contribution in [3.63, 3.8) is 0 Å². The highest BCUT2D eigenvalue weighted by Gasteiger charge is 2.35. The highest BCUT2D eigenvalue weighted by molar-refractivity contribution is 5.62. The number of hydrogen-bond acceptors (Lipinski definition) is 4. The fourth-order valence-corrected chi connectivity index (χ4v) is 3.43. The molecule has 0 bridgehead atoms. The molecule has 2 N–H and O–H groups in total. The fraction of sp³-hybridized carbons (Fsp3) is 0.136. The van der Waals surface area contributed by atoms with Crippen molar-refractivity contribution in [2.24, 2.45) is 5.73 Å². The van der Waals surface area contributed by atoms with Crippen molar-refractivity contribution in [1.29, 1.82) is 5.26 Å². The minimum absolute atomic E-state index is 0.168. The summed E-state index contributed by atoms with van der Waals surface area (Å²) in [6.07, 6.45) is 2.04. The highest BCUT2D eigenvalue weighted by atomic mass is 16.5. The molecule has 2 heterocycles. The molecule has 2 aromatic rings. The lowest BCUT2D eigenvalue weighted by atomic mass is 9.81. The number of benzene rings is 2. The van der Waals surface area contributed by atoms with Crippen LogP contribution in [0.1, 0.15) is 17.0 Å². The van der Waals surface area contributed by atoms with Crippen molar-refractivity contribution >= 4 is 6.08 Å². The zero-order valence-corrected chi connectivity index (χ0v) is 14.2. The van der Waals surface area contributed by atoms with E-state index in [9.17, 15) is 5.26 Å². The van der Waals surface area contributed by atoms with Crippen molar-refractivity contribution in [2.45, 2.75) is 5.92 Å². The first-order valence-electron chi connectivity index (χ1n) is 8.47. The average molecular weight is 342 g/mol. The molecule has 4 heteroatoms. The first kappa shape index (κ1) is 16.2. The van der Waals surface area contributed by atoms with Crippen LogP contribution in [0, 0.1) is 11.3 Å². The molecule has 0 saturated heterocycles. The summed E-state index contributed by atoms with van der Waals surface area (Å²) in [6, 6.07) is 22.1. The van der Waals surface area contributed by atoms with Gasteiger partial charge < -0.3 is 15.2 Å². The molecule has 2 aromatic carbocycles. The Labute approximate surface area is 152 Å². The third-order valence-corrected chi connectivity index (χ3v) is 4.61. The van der Waals surface area contributed by atoms with Gasteiger partial charge in [-0.05, 0) is 17.2 Å². The van der Waals surface area contributed by atoms with Gasteiger partial charge in [-0.2, -0.15) is 5.26 Å². The Kier molecular flexibility index (Phi) is 4.30. The van der Waals surface area contributed by atoms with Gasteiger partial charge in [-0.1, -0.05) is 60.7 Å². The van der Waals surface area contributed by atoms with E-state index in [-0.39, 0.29) is 11.8 Å². The Morgan fingerprint density at radius 1 is 1.00 bits per heavy atom. The van der Waals surface area contributed by atoms with Crippen LogP contribution < -0.4 is 5.73 Å². The average Bonchev–Trinajstić information content (AvgIpc) is 2.69. The summed E-state index contributed by atoms with van der Waals surface area (Å²) >= 11 is 0. The summed E-state index contributed by atoms with van der Waals surface area (Å²) in [5, 5.41) is 9.64. The van der Waals surface area contributed by atoms with Gasteiger partial charge in [0.2, 0.25) is 5.88 Å². The van der Waals surface area contributed by atoms with Crippen LogP contribution in [0.3, 0.4) is 0 Å². The van der Waals surface area contributed by atoms with E-state index in [0.29, 0.717) is 18.8 Å². The quantitative estimate of drug-likeness (QED) is 0.900. The Morgan fingerprint density at radius 2 is 1.69 bits per heavy atom. The first-order valence-corrected chi connectivity index (χ1v) is 8.47. The second-order valence-corrected chi connectivity index (χ2v) is 6.26. The van der Waals surface area contributed by atoms with E-state index < -0.39 is 0 Å². The number of nitriles is 1. The van der Waals surface area contributed by atoms with Crippen LogP contribution in [0.2, 0.25) is 0 Å². The monoisotopic (exact) mass is 342 g/mol. The largest absolute Gasteiger partial charge is 0.440 e. The minimum Gasteiger partial charge on any atom is -0.440 e. The molecule has 0 radical (unpaired) electrons. The van der Waals surface area contributed by atoms with Crippen LogP contribution in [-0.4, -0.2) is 13.2 Å². The molecular weight excluding hydrogens is 324 g/mol. The van der Waals surface area contributed by atoms with Crippen molar-refractivity contribution < 1.29 is 9.47 Å². The maximum absolute atomic E-state index is 9.64. The summed E-state index contributed by atoms with van der Waals surface area (Å²) < 4.78 is 11.7. The lowest BCUT2D eigenvalue weighted by Gasteiger charge is -2.33. The molecule has 0 unspecified atom stereocenters. The van der Waals surface area contributed by atoms with Crippen LogP contribution in [-0.2, 0) is 9.47 Å². The second-order valence-electron chi connectivity index (χ2n) is 6.26. The predicted octanol–water partition coefficient (Wildman–Crippen LogP) is 3.86. The number of ether oxygens (including phenoxy) is 2. The number of nitrogens with two attached hydrogens (primary N) is 1. The molecular formula is C22H18N2O2. The third-order valence-electron chi connectivity index (χ3n) is 4.61. The fourth-order valence-electron chi connectivity index (χ4n) is 3.43. The van der Waals surface area contributed by atoms with Crippen LogP contribution in [0.25, 0.3) is 6.08 Å². The van der Waals surface area contributed by atoms with Gasteiger partial charge in [-0.3, -0.25) is 0 Å². The molecule has 0 aromatic heterocycles. The summed E-state index contributed by atoms with van der Waals surface area (Å²) in [5.41, 5.74) is 10.5. The van der Waals surface area contributed by atoms with Gasteiger partial charge in [0, 0.05) is 11.1 Å². The molecule has 0 aliphatic carbocycles. The highest BCUT2D eigenvalue weighted by Crippen LogP contribution is 2.43. The molecule has 26 heavy (non-hydrogen) atoms. The summed E-state index contributed by atoms with van der Waals surface area (Å²) in [4.78, 5) is 0. The van der Waals surface area contributed by atoms with Gasteiger partial charge in [0.25, 0.3) is 0 Å². The zero-order chi connectivity index (χ0) is 17.9. The predicted molar refractivity (Wildman–Crippen MR) is 99.4 cm³/mol. The number of rotatable bonds is 2. The van der Waals surface area contributed by atoms with Crippen LogP contribution in [0.5, 0.6) is 0 Å². The Balaban J connectivity index is 1.84. The maximum Gasteiger partial charge on any atom is 0.205 e. The maximum atomic E-state index is 9.64. The standard InChI is InChI=1S/C22H18N2O2/c23-12-18-20(16-9-5-2-6-10-16)19-14-25-13-17(21(19)26-22(18)24)11-15-7-3-1-4-8-15/h1-11,20H,13-14,24H2/b17-11+/t20-/m0/s1. The van der Waals surface area contributed by atoms with E-state index in [1.807, 2.05) is 66.7 Å². The van der Waals surface area contributed by atoms with Crippen molar-refractivity contribution in [2.75, 3.05) is 13.2 Å². The van der Waals surface area contributed by atoms with Crippen molar-refractivity contribution in [3.8, 4) is 6.07 Å². The molecule has 0 saturated carbocycles. The number of hydrogen-bond donors (Lipinski definition) is 1. The van der Waals surface area contributed by atoms with E-state index in [1.54, 1.807) is 0 Å². The van der Waals surface area contributed by atoms with E-state index in [0.717, 1.165) is 28.0 Å². The van der Waals surface area contributed by atoms with Gasteiger partial charge in [-0.25, -0.2) is 0 Å². The Morgan fingerprint density at radius 3 is 2.38 bits per heavy atom. The molecule has 2 aliphatic heterocycles. The number of allylic oxidation sites excluding steroid dienone is 1. The Hall–Kier alpha value is -3.29. The number of nitrogens with zero attached hydrogens (tertiary/aromatic N) is 1. The van der Waals surface area contributed by atoms with Crippen LogP contribution in [0.4, 0.5) is 0 Å². The zero-order valence-electron chi connectivity index (χ0n) is 14.2. The Bertz CT molecular complexity index is 951. The molecule has 2 aliphatic rings. The smallest absolute Gasteiger partial charge is 0.205 e. The topological polar surface area (TPSA) is 68.3 Å². The van der Waals surface area contributed by atoms with E-state index in [1.165, 1.54) is 0 Å². The molecule has 4 nitrogen and oxygen atoms in total. The molecule has 128 valence electrons. The summed E-state index contributed by atoms with van der Waals surface area (Å²) in [5.74, 6) is 0.649. The van der Waals surface area contributed by atoms with Gasteiger partial charge in [-0.15, -0.1) is 0 Å². The molecule has 4 rings (SSSR count). The summed E-state index contributed by atoms with van der Waals surface area (Å²) in [6.45, 7) is 0.865.